The standard InChI is InChI=1S/C26H22FN3/c1-17-7-12-25(29-28-17)23-11-10-22-21(13-14-30(2)16-24(22)26(23)27)20-9-8-18-5-3-4-6-19(18)15-20/h3-13,15H,14,16H2,1-2H3. The largest absolute Gasteiger partial charge is 0.298 e. The first-order chi connectivity index (χ1) is 14.6. The molecule has 1 aromatic heterocycles. The van der Waals surface area contributed by atoms with Gasteiger partial charge in [0.1, 0.15) is 5.82 Å². The zero-order valence-electron chi connectivity index (χ0n) is 17.1. The summed E-state index contributed by atoms with van der Waals surface area (Å²) in [6, 6.07) is 22.3. The zero-order valence-corrected chi connectivity index (χ0v) is 17.1. The number of nitrogens with zero attached hydrogens (tertiary/aromatic N) is 3. The Balaban J connectivity index is 1.66. The van der Waals surface area contributed by atoms with Gasteiger partial charge in [-0.2, -0.15) is 10.2 Å². The number of benzene rings is 3. The van der Waals surface area contributed by atoms with E-state index < -0.39 is 0 Å². The smallest absolute Gasteiger partial charge is 0.137 e. The summed E-state index contributed by atoms with van der Waals surface area (Å²) >= 11 is 0. The Morgan fingerprint density at radius 2 is 1.67 bits per heavy atom. The first-order valence-electron chi connectivity index (χ1n) is 10.1. The lowest BCUT2D eigenvalue weighted by Gasteiger charge is -2.17. The average molecular weight is 395 g/mol. The molecule has 0 saturated carbocycles. The van der Waals surface area contributed by atoms with E-state index in [0.29, 0.717) is 23.4 Å². The van der Waals surface area contributed by atoms with Crippen LogP contribution in [0.3, 0.4) is 0 Å². The van der Waals surface area contributed by atoms with Crippen LogP contribution in [0.2, 0.25) is 0 Å². The summed E-state index contributed by atoms with van der Waals surface area (Å²) in [4.78, 5) is 2.13. The van der Waals surface area contributed by atoms with Gasteiger partial charge in [-0.25, -0.2) is 4.39 Å². The molecule has 0 aliphatic carbocycles. The second kappa shape index (κ2) is 7.47. The van der Waals surface area contributed by atoms with Gasteiger partial charge in [0.25, 0.3) is 0 Å². The Morgan fingerprint density at radius 3 is 2.47 bits per heavy atom. The van der Waals surface area contributed by atoms with E-state index in [1.807, 2.05) is 50.4 Å². The predicted molar refractivity (Wildman–Crippen MR) is 120 cm³/mol. The van der Waals surface area contributed by atoms with Gasteiger partial charge in [0, 0.05) is 24.2 Å². The van der Waals surface area contributed by atoms with E-state index >= 15 is 4.39 Å². The van der Waals surface area contributed by atoms with Crippen molar-refractivity contribution in [1.82, 2.24) is 15.1 Å². The van der Waals surface area contributed by atoms with Crippen molar-refractivity contribution >= 4 is 16.3 Å². The van der Waals surface area contributed by atoms with Crippen LogP contribution in [0.4, 0.5) is 4.39 Å². The lowest BCUT2D eigenvalue weighted by Crippen LogP contribution is -2.17. The fourth-order valence-corrected chi connectivity index (χ4v) is 4.09. The van der Waals surface area contributed by atoms with Crippen molar-refractivity contribution in [2.24, 2.45) is 0 Å². The van der Waals surface area contributed by atoms with E-state index in [4.69, 9.17) is 0 Å². The van der Waals surface area contributed by atoms with Gasteiger partial charge in [-0.15, -0.1) is 0 Å². The van der Waals surface area contributed by atoms with Crippen molar-refractivity contribution in [3.63, 3.8) is 0 Å². The van der Waals surface area contributed by atoms with Gasteiger partial charge in [0.2, 0.25) is 0 Å². The summed E-state index contributed by atoms with van der Waals surface area (Å²) in [5, 5.41) is 10.7. The van der Waals surface area contributed by atoms with Crippen LogP contribution in [-0.4, -0.2) is 28.7 Å². The Bertz CT molecular complexity index is 1280. The molecule has 0 saturated heterocycles. The van der Waals surface area contributed by atoms with E-state index in [1.54, 1.807) is 0 Å². The lowest BCUT2D eigenvalue weighted by molar-refractivity contribution is 0.358. The number of halogens is 1. The molecule has 30 heavy (non-hydrogen) atoms. The quantitative estimate of drug-likeness (QED) is 0.441. The van der Waals surface area contributed by atoms with Crippen LogP contribution < -0.4 is 0 Å². The van der Waals surface area contributed by atoms with E-state index in [2.05, 4.69) is 51.5 Å². The van der Waals surface area contributed by atoms with Crippen molar-refractivity contribution in [3.05, 3.63) is 101 Å². The van der Waals surface area contributed by atoms with Crippen LogP contribution >= 0.6 is 0 Å². The second-order valence-electron chi connectivity index (χ2n) is 7.89. The number of hydrogen-bond donors (Lipinski definition) is 0. The molecule has 4 aromatic rings. The highest BCUT2D eigenvalue weighted by atomic mass is 19.1. The molecule has 0 bridgehead atoms. The fraction of sp³-hybridized carbons (Fsp3) is 0.154. The predicted octanol–water partition coefficient (Wildman–Crippen LogP) is 5.62. The molecule has 1 aliphatic rings. The first-order valence-corrected chi connectivity index (χ1v) is 10.1. The minimum atomic E-state index is -0.217. The van der Waals surface area contributed by atoms with E-state index in [9.17, 15) is 0 Å². The van der Waals surface area contributed by atoms with Crippen molar-refractivity contribution in [2.75, 3.05) is 13.6 Å². The third-order valence-corrected chi connectivity index (χ3v) is 5.70. The van der Waals surface area contributed by atoms with Crippen molar-refractivity contribution in [1.29, 1.82) is 0 Å². The van der Waals surface area contributed by atoms with Crippen molar-refractivity contribution in [2.45, 2.75) is 13.5 Å². The number of fused-ring (bicyclic) bond motifs is 2. The SMILES string of the molecule is Cc1ccc(-c2ccc3c(c2F)CN(C)CC=C3c2ccc3ccccc3c2)nn1. The maximum Gasteiger partial charge on any atom is 0.137 e. The van der Waals surface area contributed by atoms with E-state index in [0.717, 1.165) is 28.9 Å². The summed E-state index contributed by atoms with van der Waals surface area (Å²) < 4.78 is 15.7. The molecule has 3 aromatic carbocycles. The van der Waals surface area contributed by atoms with E-state index in [1.165, 1.54) is 10.8 Å². The summed E-state index contributed by atoms with van der Waals surface area (Å²) in [6.45, 7) is 3.18. The van der Waals surface area contributed by atoms with Gasteiger partial charge >= 0.3 is 0 Å². The highest BCUT2D eigenvalue weighted by molar-refractivity contribution is 5.90. The molecule has 0 atom stereocenters. The van der Waals surface area contributed by atoms with Gasteiger partial charge in [-0.05, 0) is 65.7 Å². The fourth-order valence-electron chi connectivity index (χ4n) is 4.09. The van der Waals surface area contributed by atoms with Gasteiger partial charge in [-0.3, -0.25) is 4.90 Å². The van der Waals surface area contributed by atoms with Crippen LogP contribution in [0.15, 0.2) is 72.8 Å². The molecule has 148 valence electrons. The molecule has 0 spiro atoms. The second-order valence-corrected chi connectivity index (χ2v) is 7.89. The maximum absolute atomic E-state index is 15.7. The third kappa shape index (κ3) is 3.29. The lowest BCUT2D eigenvalue weighted by atomic mass is 9.90. The van der Waals surface area contributed by atoms with Gasteiger partial charge in [0.15, 0.2) is 0 Å². The third-order valence-electron chi connectivity index (χ3n) is 5.70. The van der Waals surface area contributed by atoms with Crippen LogP contribution in [0.5, 0.6) is 0 Å². The summed E-state index contributed by atoms with van der Waals surface area (Å²) in [6.07, 6.45) is 2.20. The molecule has 0 N–H and O–H groups in total. The van der Waals surface area contributed by atoms with Crippen molar-refractivity contribution < 1.29 is 4.39 Å². The van der Waals surface area contributed by atoms with Gasteiger partial charge < -0.3 is 0 Å². The number of likely N-dealkylation sites (N-methyl/N-ethyl adjacent to an activating group) is 1. The minimum Gasteiger partial charge on any atom is -0.298 e. The molecule has 1 aliphatic heterocycles. The highest BCUT2D eigenvalue weighted by Crippen LogP contribution is 2.35. The molecular formula is C26H22FN3. The zero-order chi connectivity index (χ0) is 20.7. The molecule has 5 rings (SSSR count). The van der Waals surface area contributed by atoms with Crippen LogP contribution in [0.1, 0.15) is 22.4 Å². The molecule has 3 nitrogen and oxygen atoms in total. The number of aromatic nitrogens is 2. The van der Waals surface area contributed by atoms with E-state index in [-0.39, 0.29) is 5.82 Å². The Kier molecular flexibility index (Phi) is 4.64. The summed E-state index contributed by atoms with van der Waals surface area (Å²) in [5.74, 6) is -0.217. The Labute approximate surface area is 175 Å². The number of hydrogen-bond acceptors (Lipinski definition) is 3. The van der Waals surface area contributed by atoms with Crippen molar-refractivity contribution in [3.8, 4) is 11.3 Å². The molecule has 0 amide bonds. The Morgan fingerprint density at radius 1 is 0.867 bits per heavy atom. The first kappa shape index (κ1) is 18.6. The topological polar surface area (TPSA) is 29.0 Å². The van der Waals surface area contributed by atoms with Gasteiger partial charge in [0.05, 0.1) is 11.4 Å². The highest BCUT2D eigenvalue weighted by Gasteiger charge is 2.22. The summed E-state index contributed by atoms with van der Waals surface area (Å²) in [7, 11) is 2.02. The van der Waals surface area contributed by atoms with Crippen LogP contribution in [0, 0.1) is 12.7 Å². The Hall–Kier alpha value is -3.37. The van der Waals surface area contributed by atoms with Crippen LogP contribution in [-0.2, 0) is 6.54 Å². The minimum absolute atomic E-state index is 0.217. The number of rotatable bonds is 2. The molecular weight excluding hydrogens is 373 g/mol. The van der Waals surface area contributed by atoms with Crippen LogP contribution in [0.25, 0.3) is 27.6 Å². The summed E-state index contributed by atoms with van der Waals surface area (Å²) in [5.41, 5.74) is 5.69. The molecule has 0 unspecified atom stereocenters. The molecule has 0 radical (unpaired) electrons. The monoisotopic (exact) mass is 395 g/mol. The molecule has 4 heteroatoms. The van der Waals surface area contributed by atoms with Gasteiger partial charge in [-0.1, -0.05) is 48.5 Å². The maximum atomic E-state index is 15.7. The molecule has 2 heterocycles. The molecule has 0 fully saturated rings. The average Bonchev–Trinajstić information content (AvgIpc) is 2.93. The normalized spacial score (nSPS) is 14.3. The number of aryl methyl sites for hydroxylation is 1.